The predicted octanol–water partition coefficient (Wildman–Crippen LogP) is 3.38. The van der Waals surface area contributed by atoms with E-state index in [-0.39, 0.29) is 11.3 Å². The molecule has 0 unspecified atom stereocenters. The van der Waals surface area contributed by atoms with Gasteiger partial charge >= 0.3 is 6.03 Å². The highest BCUT2D eigenvalue weighted by Gasteiger charge is 2.48. The number of nitrogens with one attached hydrogen (secondary N) is 2. The Morgan fingerprint density at radius 2 is 1.97 bits per heavy atom. The molecule has 1 aliphatic rings. The third kappa shape index (κ3) is 3.68. The molecule has 0 radical (unpaired) electrons. The van der Waals surface area contributed by atoms with Gasteiger partial charge in [0.1, 0.15) is 11.2 Å². The maximum absolute atomic E-state index is 13.3. The standard InChI is InChI=1S/C24H21N5O5/c1-14-19-16(13-17(18-9-6-12-33-18)25-21(19)34-28-14)20(30)27-29-22(31)24(2,26-23(29)32)11-10-15-7-4-3-5-8-15/h3-9,12-13H,10-11H2,1-2H3,(H,26,32)(H,27,30)/t24-/m1/s1. The van der Waals surface area contributed by atoms with Crippen molar-refractivity contribution in [3.8, 4) is 11.5 Å². The van der Waals surface area contributed by atoms with Crippen LogP contribution in [0.1, 0.15) is 35.0 Å². The Labute approximate surface area is 193 Å². The number of imide groups is 1. The molecule has 1 saturated heterocycles. The summed E-state index contributed by atoms with van der Waals surface area (Å²) in [6.07, 6.45) is 2.44. The number of aromatic nitrogens is 2. The Kier molecular flexibility index (Phi) is 5.12. The third-order valence-electron chi connectivity index (χ3n) is 5.87. The van der Waals surface area contributed by atoms with E-state index in [1.54, 1.807) is 26.0 Å². The summed E-state index contributed by atoms with van der Waals surface area (Å²) in [7, 11) is 0. The van der Waals surface area contributed by atoms with Crippen molar-refractivity contribution in [2.75, 3.05) is 0 Å². The van der Waals surface area contributed by atoms with Gasteiger partial charge in [-0.05, 0) is 50.5 Å². The van der Waals surface area contributed by atoms with Crippen molar-refractivity contribution in [1.82, 2.24) is 25.9 Å². The molecule has 0 aliphatic carbocycles. The smallest absolute Gasteiger partial charge is 0.344 e. The van der Waals surface area contributed by atoms with Gasteiger partial charge in [-0.15, -0.1) is 0 Å². The Bertz CT molecular complexity index is 1400. The third-order valence-corrected chi connectivity index (χ3v) is 5.87. The van der Waals surface area contributed by atoms with Gasteiger partial charge in [-0.3, -0.25) is 15.0 Å². The number of benzene rings is 1. The van der Waals surface area contributed by atoms with Gasteiger partial charge in [-0.1, -0.05) is 35.5 Å². The largest absolute Gasteiger partial charge is 0.463 e. The molecule has 4 aromatic rings. The molecule has 4 heterocycles. The molecule has 0 bridgehead atoms. The average molecular weight is 459 g/mol. The molecule has 5 rings (SSSR count). The number of carbonyl (C=O) groups is 3. The number of pyridine rings is 1. The zero-order valence-electron chi connectivity index (χ0n) is 18.5. The van der Waals surface area contributed by atoms with Crippen molar-refractivity contribution >= 4 is 28.9 Å². The molecule has 1 aliphatic heterocycles. The summed E-state index contributed by atoms with van der Waals surface area (Å²) in [6, 6.07) is 13.8. The predicted molar refractivity (Wildman–Crippen MR) is 120 cm³/mol. The summed E-state index contributed by atoms with van der Waals surface area (Å²) in [4.78, 5) is 43.4. The maximum Gasteiger partial charge on any atom is 0.344 e. The number of amides is 4. The summed E-state index contributed by atoms with van der Waals surface area (Å²) in [5.74, 6) is -0.795. The lowest BCUT2D eigenvalue weighted by Crippen LogP contribution is -2.49. The molecule has 172 valence electrons. The molecule has 0 spiro atoms. The maximum atomic E-state index is 13.3. The van der Waals surface area contributed by atoms with E-state index in [2.05, 4.69) is 20.9 Å². The second-order valence-corrected chi connectivity index (χ2v) is 8.31. The van der Waals surface area contributed by atoms with Gasteiger partial charge in [0.15, 0.2) is 5.76 Å². The first kappa shape index (κ1) is 21.4. The van der Waals surface area contributed by atoms with Gasteiger partial charge in [-0.25, -0.2) is 9.78 Å². The van der Waals surface area contributed by atoms with Gasteiger partial charge in [0.05, 0.1) is 22.9 Å². The monoisotopic (exact) mass is 459 g/mol. The minimum Gasteiger partial charge on any atom is -0.463 e. The summed E-state index contributed by atoms with van der Waals surface area (Å²) >= 11 is 0. The second-order valence-electron chi connectivity index (χ2n) is 8.31. The quantitative estimate of drug-likeness (QED) is 0.423. The molecule has 1 atom stereocenters. The zero-order valence-corrected chi connectivity index (χ0v) is 18.5. The summed E-state index contributed by atoms with van der Waals surface area (Å²) in [5, 5.41) is 7.69. The van der Waals surface area contributed by atoms with Crippen LogP contribution in [0.4, 0.5) is 4.79 Å². The Morgan fingerprint density at radius 3 is 2.71 bits per heavy atom. The Morgan fingerprint density at radius 1 is 1.18 bits per heavy atom. The molecule has 0 saturated carbocycles. The van der Waals surface area contributed by atoms with E-state index < -0.39 is 23.4 Å². The van der Waals surface area contributed by atoms with Crippen molar-refractivity contribution < 1.29 is 23.3 Å². The number of fused-ring (bicyclic) bond motifs is 1. The minimum absolute atomic E-state index is 0.140. The molecule has 1 aromatic carbocycles. The van der Waals surface area contributed by atoms with Crippen LogP contribution >= 0.6 is 0 Å². The normalized spacial score (nSPS) is 17.9. The van der Waals surface area contributed by atoms with Crippen LogP contribution in [0.2, 0.25) is 0 Å². The number of hydrogen-bond acceptors (Lipinski definition) is 7. The molecular formula is C24H21N5O5. The number of nitrogens with zero attached hydrogens (tertiary/aromatic N) is 3. The second kappa shape index (κ2) is 8.14. The van der Waals surface area contributed by atoms with Gasteiger partial charge in [0.2, 0.25) is 0 Å². The number of furan rings is 1. The van der Waals surface area contributed by atoms with Crippen molar-refractivity contribution in [1.29, 1.82) is 0 Å². The van der Waals surface area contributed by atoms with Crippen LogP contribution in [0.3, 0.4) is 0 Å². The van der Waals surface area contributed by atoms with Crippen LogP contribution in [-0.2, 0) is 11.2 Å². The summed E-state index contributed by atoms with van der Waals surface area (Å²) in [6.45, 7) is 3.32. The topological polar surface area (TPSA) is 131 Å². The van der Waals surface area contributed by atoms with E-state index in [1.807, 2.05) is 30.3 Å². The van der Waals surface area contributed by atoms with Crippen molar-refractivity contribution in [3.63, 3.8) is 0 Å². The number of rotatable bonds is 6. The van der Waals surface area contributed by atoms with Gasteiger partial charge < -0.3 is 14.3 Å². The van der Waals surface area contributed by atoms with E-state index in [1.165, 1.54) is 12.3 Å². The van der Waals surface area contributed by atoms with Crippen LogP contribution in [-0.4, -0.2) is 38.5 Å². The van der Waals surface area contributed by atoms with Crippen LogP contribution in [0.25, 0.3) is 22.6 Å². The van der Waals surface area contributed by atoms with Crippen LogP contribution in [0.5, 0.6) is 0 Å². The Balaban J connectivity index is 1.40. The van der Waals surface area contributed by atoms with E-state index in [4.69, 9.17) is 8.94 Å². The lowest BCUT2D eigenvalue weighted by Gasteiger charge is -2.21. The number of hydrogen-bond donors (Lipinski definition) is 2. The number of urea groups is 1. The minimum atomic E-state index is -1.15. The fourth-order valence-electron chi connectivity index (χ4n) is 3.98. The summed E-state index contributed by atoms with van der Waals surface area (Å²) < 4.78 is 10.6. The highest BCUT2D eigenvalue weighted by atomic mass is 16.5. The van der Waals surface area contributed by atoms with E-state index >= 15 is 0 Å². The number of aryl methyl sites for hydroxylation is 2. The SMILES string of the molecule is Cc1noc2nc(-c3ccco3)cc(C(=O)NN3C(=O)N[C@](C)(CCc4ccccc4)C3=O)c12. The summed E-state index contributed by atoms with van der Waals surface area (Å²) in [5.41, 5.74) is 3.41. The van der Waals surface area contributed by atoms with Crippen molar-refractivity contribution in [3.05, 3.63) is 71.6 Å². The zero-order chi connectivity index (χ0) is 23.9. The van der Waals surface area contributed by atoms with Gasteiger partial charge in [-0.2, -0.15) is 5.01 Å². The molecule has 34 heavy (non-hydrogen) atoms. The van der Waals surface area contributed by atoms with E-state index in [9.17, 15) is 14.4 Å². The molecule has 4 amide bonds. The highest BCUT2D eigenvalue weighted by molar-refractivity contribution is 6.12. The van der Waals surface area contributed by atoms with Gasteiger partial charge in [0.25, 0.3) is 17.5 Å². The highest BCUT2D eigenvalue weighted by Crippen LogP contribution is 2.28. The van der Waals surface area contributed by atoms with Crippen molar-refractivity contribution in [2.45, 2.75) is 32.2 Å². The molecule has 10 nitrogen and oxygen atoms in total. The van der Waals surface area contributed by atoms with Gasteiger partial charge in [0, 0.05) is 0 Å². The molecule has 3 aromatic heterocycles. The van der Waals surface area contributed by atoms with Crippen LogP contribution < -0.4 is 10.7 Å². The molecule has 10 heteroatoms. The van der Waals surface area contributed by atoms with Crippen LogP contribution in [0.15, 0.2) is 63.7 Å². The fourth-order valence-corrected chi connectivity index (χ4v) is 3.98. The number of carbonyl (C=O) groups excluding carboxylic acids is 3. The first-order chi connectivity index (χ1) is 16.4. The lowest BCUT2D eigenvalue weighted by molar-refractivity contribution is -0.132. The van der Waals surface area contributed by atoms with E-state index in [0.29, 0.717) is 35.4 Å². The molecular weight excluding hydrogens is 438 g/mol. The number of hydrazine groups is 1. The van der Waals surface area contributed by atoms with E-state index in [0.717, 1.165) is 10.6 Å². The lowest BCUT2D eigenvalue weighted by atomic mass is 9.93. The van der Waals surface area contributed by atoms with Crippen molar-refractivity contribution in [2.24, 2.45) is 0 Å². The Hall–Kier alpha value is -4.47. The molecule has 1 fully saturated rings. The fraction of sp³-hybridized carbons (Fsp3) is 0.208. The first-order valence-electron chi connectivity index (χ1n) is 10.7. The molecule has 2 N–H and O–H groups in total. The average Bonchev–Trinajstić information content (AvgIpc) is 3.55. The van der Waals surface area contributed by atoms with Crippen LogP contribution in [0, 0.1) is 6.92 Å². The first-order valence-corrected chi connectivity index (χ1v) is 10.7.